The molecule has 0 saturated carbocycles. The second-order valence-electron chi connectivity index (χ2n) is 5.90. The fourth-order valence-electron chi connectivity index (χ4n) is 2.49. The molecule has 1 heterocycles. The van der Waals surface area contributed by atoms with Crippen molar-refractivity contribution in [3.05, 3.63) is 81.6 Å². The van der Waals surface area contributed by atoms with Crippen molar-refractivity contribution in [2.24, 2.45) is 0 Å². The van der Waals surface area contributed by atoms with Gasteiger partial charge in [-0.15, -0.1) is 0 Å². The zero-order valence-corrected chi connectivity index (χ0v) is 13.9. The van der Waals surface area contributed by atoms with Crippen molar-refractivity contribution in [3.8, 4) is 11.3 Å². The lowest BCUT2D eigenvalue weighted by Crippen LogP contribution is -2.13. The molecule has 0 bridgehead atoms. The maximum Gasteiger partial charge on any atom is 0.416 e. The van der Waals surface area contributed by atoms with E-state index in [1.807, 2.05) is 31.2 Å². The van der Waals surface area contributed by atoms with E-state index in [1.54, 1.807) is 0 Å². The molecule has 0 amide bonds. The third kappa shape index (κ3) is 4.30. The number of alkyl halides is 3. The maximum atomic E-state index is 12.6. The Kier molecular flexibility index (Phi) is 4.79. The average molecular weight is 359 g/mol. The lowest BCUT2D eigenvalue weighted by Gasteiger charge is -2.10. The lowest BCUT2D eigenvalue weighted by atomic mass is 10.1. The van der Waals surface area contributed by atoms with Gasteiger partial charge in [0.05, 0.1) is 11.3 Å². The van der Waals surface area contributed by atoms with Crippen molar-refractivity contribution in [2.75, 3.05) is 5.32 Å². The molecule has 7 heteroatoms. The van der Waals surface area contributed by atoms with Gasteiger partial charge in [-0.1, -0.05) is 35.9 Å². The number of aryl methyl sites for hydroxylation is 1. The quantitative estimate of drug-likeness (QED) is 0.727. The van der Waals surface area contributed by atoms with E-state index in [2.05, 4.69) is 15.3 Å². The van der Waals surface area contributed by atoms with Gasteiger partial charge in [0.2, 0.25) is 5.95 Å². The first-order valence-corrected chi connectivity index (χ1v) is 7.90. The zero-order chi connectivity index (χ0) is 18.7. The highest BCUT2D eigenvalue weighted by Gasteiger charge is 2.29. The van der Waals surface area contributed by atoms with Crippen LogP contribution in [0, 0.1) is 6.92 Å². The highest BCUT2D eigenvalue weighted by Crippen LogP contribution is 2.29. The molecular weight excluding hydrogens is 343 g/mol. The van der Waals surface area contributed by atoms with Crippen molar-refractivity contribution >= 4 is 5.95 Å². The van der Waals surface area contributed by atoms with Crippen molar-refractivity contribution in [3.63, 3.8) is 0 Å². The Balaban J connectivity index is 1.77. The van der Waals surface area contributed by atoms with Gasteiger partial charge in [0.25, 0.3) is 5.56 Å². The first-order valence-electron chi connectivity index (χ1n) is 7.90. The molecule has 3 rings (SSSR count). The molecule has 0 unspecified atom stereocenters. The van der Waals surface area contributed by atoms with E-state index in [1.165, 1.54) is 18.2 Å². The minimum Gasteiger partial charge on any atom is -0.352 e. The lowest BCUT2D eigenvalue weighted by molar-refractivity contribution is -0.137. The van der Waals surface area contributed by atoms with Gasteiger partial charge in [-0.2, -0.15) is 13.2 Å². The van der Waals surface area contributed by atoms with E-state index < -0.39 is 11.7 Å². The van der Waals surface area contributed by atoms with Gasteiger partial charge >= 0.3 is 6.18 Å². The van der Waals surface area contributed by atoms with Crippen LogP contribution in [0.15, 0.2) is 59.4 Å². The average Bonchev–Trinajstić information content (AvgIpc) is 2.59. The molecule has 0 atom stereocenters. The summed E-state index contributed by atoms with van der Waals surface area (Å²) in [6.07, 6.45) is -4.36. The Bertz CT molecular complexity index is 963. The molecule has 4 nitrogen and oxygen atoms in total. The molecule has 0 fully saturated rings. The molecule has 0 saturated heterocycles. The van der Waals surface area contributed by atoms with Crippen LogP contribution in [0.2, 0.25) is 0 Å². The summed E-state index contributed by atoms with van der Waals surface area (Å²) in [6, 6.07) is 13.8. The van der Waals surface area contributed by atoms with E-state index in [-0.39, 0.29) is 18.1 Å². The summed E-state index contributed by atoms with van der Waals surface area (Å²) in [5.41, 5.74) is 2.01. The first kappa shape index (κ1) is 17.7. The van der Waals surface area contributed by atoms with Gasteiger partial charge in [-0.05, 0) is 30.7 Å². The predicted molar refractivity (Wildman–Crippen MR) is 93.8 cm³/mol. The third-order valence-electron chi connectivity index (χ3n) is 3.80. The number of halogens is 3. The van der Waals surface area contributed by atoms with E-state index in [0.29, 0.717) is 11.3 Å². The van der Waals surface area contributed by atoms with Gasteiger partial charge in [-0.25, -0.2) is 4.98 Å². The molecule has 0 spiro atoms. The van der Waals surface area contributed by atoms with Crippen LogP contribution < -0.4 is 10.9 Å². The second-order valence-corrected chi connectivity index (χ2v) is 5.90. The van der Waals surface area contributed by atoms with Gasteiger partial charge in [0.1, 0.15) is 0 Å². The molecule has 0 radical (unpaired) electrons. The van der Waals surface area contributed by atoms with Crippen LogP contribution >= 0.6 is 0 Å². The van der Waals surface area contributed by atoms with Crippen LogP contribution in [0.1, 0.15) is 16.7 Å². The smallest absolute Gasteiger partial charge is 0.352 e. The second kappa shape index (κ2) is 7.03. The summed E-state index contributed by atoms with van der Waals surface area (Å²) in [5, 5.41) is 2.94. The van der Waals surface area contributed by atoms with Crippen molar-refractivity contribution in [1.29, 1.82) is 0 Å². The number of hydrogen-bond donors (Lipinski definition) is 2. The molecule has 1 aromatic heterocycles. The largest absolute Gasteiger partial charge is 0.416 e. The van der Waals surface area contributed by atoms with E-state index in [0.717, 1.165) is 23.3 Å². The van der Waals surface area contributed by atoms with Gasteiger partial charge < -0.3 is 5.32 Å². The van der Waals surface area contributed by atoms with Gasteiger partial charge in [0.15, 0.2) is 0 Å². The summed E-state index contributed by atoms with van der Waals surface area (Å²) in [5.74, 6) is 0.258. The van der Waals surface area contributed by atoms with E-state index in [9.17, 15) is 18.0 Å². The minimum absolute atomic E-state index is 0.234. The van der Waals surface area contributed by atoms with Crippen LogP contribution in [0.3, 0.4) is 0 Å². The van der Waals surface area contributed by atoms with Crippen LogP contribution in [0.4, 0.5) is 19.1 Å². The van der Waals surface area contributed by atoms with Crippen LogP contribution in [0.5, 0.6) is 0 Å². The van der Waals surface area contributed by atoms with Gasteiger partial charge in [-0.3, -0.25) is 9.78 Å². The number of H-pyrrole nitrogens is 1. The summed E-state index contributed by atoms with van der Waals surface area (Å²) >= 11 is 0. The number of aromatic nitrogens is 2. The summed E-state index contributed by atoms with van der Waals surface area (Å²) in [7, 11) is 0. The fraction of sp³-hybridized carbons (Fsp3) is 0.158. The highest BCUT2D eigenvalue weighted by molar-refractivity contribution is 5.60. The van der Waals surface area contributed by atoms with Gasteiger partial charge in [0, 0.05) is 18.2 Å². The molecule has 2 aromatic carbocycles. The third-order valence-corrected chi connectivity index (χ3v) is 3.80. The molecular formula is C19H16F3N3O. The standard InChI is InChI=1S/C19H16F3N3O/c1-12-3-2-4-14(9-12)16-10-17(26)25-18(24-16)23-11-13-5-7-15(8-6-13)19(20,21)22/h2-10H,11H2,1H3,(H2,23,24,25,26). The zero-order valence-electron chi connectivity index (χ0n) is 13.9. The Morgan fingerprint density at radius 3 is 2.46 bits per heavy atom. The predicted octanol–water partition coefficient (Wildman–Crippen LogP) is 4.38. The summed E-state index contributed by atoms with van der Waals surface area (Å²) in [4.78, 5) is 18.8. The van der Waals surface area contributed by atoms with E-state index >= 15 is 0 Å². The number of aromatic amines is 1. The Labute approximate surface area is 147 Å². The number of nitrogens with zero attached hydrogens (tertiary/aromatic N) is 1. The van der Waals surface area contributed by atoms with Crippen LogP contribution in [-0.2, 0) is 12.7 Å². The Morgan fingerprint density at radius 2 is 1.81 bits per heavy atom. The summed E-state index contributed by atoms with van der Waals surface area (Å²) < 4.78 is 37.8. The Morgan fingerprint density at radius 1 is 1.08 bits per heavy atom. The summed E-state index contributed by atoms with van der Waals surface area (Å²) in [6.45, 7) is 2.18. The van der Waals surface area contributed by atoms with E-state index in [4.69, 9.17) is 0 Å². The molecule has 2 N–H and O–H groups in total. The molecule has 134 valence electrons. The van der Waals surface area contributed by atoms with Crippen molar-refractivity contribution in [1.82, 2.24) is 9.97 Å². The number of anilines is 1. The monoisotopic (exact) mass is 359 g/mol. The molecule has 0 aliphatic rings. The minimum atomic E-state index is -4.36. The molecule has 3 aromatic rings. The SMILES string of the molecule is Cc1cccc(-c2cc(=O)[nH]c(NCc3ccc(C(F)(F)F)cc3)n2)c1. The topological polar surface area (TPSA) is 57.8 Å². The van der Waals surface area contributed by atoms with Crippen LogP contribution in [-0.4, -0.2) is 9.97 Å². The normalized spacial score (nSPS) is 11.4. The maximum absolute atomic E-state index is 12.6. The highest BCUT2D eigenvalue weighted by atomic mass is 19.4. The number of hydrogen-bond acceptors (Lipinski definition) is 3. The van der Waals surface area contributed by atoms with Crippen molar-refractivity contribution in [2.45, 2.75) is 19.6 Å². The molecule has 0 aliphatic carbocycles. The number of nitrogens with one attached hydrogen (secondary N) is 2. The first-order chi connectivity index (χ1) is 12.3. The molecule has 0 aliphatic heterocycles. The van der Waals surface area contributed by atoms with Crippen molar-refractivity contribution < 1.29 is 13.2 Å². The Hall–Kier alpha value is -3.09. The van der Waals surface area contributed by atoms with Crippen LogP contribution in [0.25, 0.3) is 11.3 Å². The fourth-order valence-corrected chi connectivity index (χ4v) is 2.49. The number of benzene rings is 2. The number of rotatable bonds is 4. The molecule has 26 heavy (non-hydrogen) atoms.